The number of rotatable bonds is 3. The molecule has 0 aromatic carbocycles. The summed E-state index contributed by atoms with van der Waals surface area (Å²) in [5.74, 6) is 0. The van der Waals surface area contributed by atoms with Crippen LogP contribution in [0.1, 0.15) is 31.5 Å². The van der Waals surface area contributed by atoms with Crippen LogP contribution in [0.2, 0.25) is 0 Å². The minimum Gasteiger partial charge on any atom is -0.328 e. The summed E-state index contributed by atoms with van der Waals surface area (Å²) in [5.41, 5.74) is 4.24. The standard InChI is InChI=1S/C17H20ClNO/c1-4-9-19-10-8-17(20)15(13(19)3)11-14-12(2)6-5-7-16(14)18/h4-6,8-10,16H,7,11H2,1-3H3/b9-4+. The molecule has 1 aliphatic carbocycles. The van der Waals surface area contributed by atoms with Gasteiger partial charge in [-0.1, -0.05) is 23.8 Å². The van der Waals surface area contributed by atoms with Crippen LogP contribution in [0.3, 0.4) is 0 Å². The molecule has 20 heavy (non-hydrogen) atoms. The van der Waals surface area contributed by atoms with Crippen molar-refractivity contribution in [2.75, 3.05) is 0 Å². The van der Waals surface area contributed by atoms with Crippen LogP contribution in [0.15, 0.2) is 46.4 Å². The molecule has 0 N–H and O–H groups in total. The Labute approximate surface area is 125 Å². The molecule has 1 unspecified atom stereocenters. The molecule has 0 spiro atoms. The molecule has 0 saturated carbocycles. The highest BCUT2D eigenvalue weighted by Crippen LogP contribution is 2.27. The van der Waals surface area contributed by atoms with Gasteiger partial charge in [0.2, 0.25) is 0 Å². The first-order chi connectivity index (χ1) is 9.54. The van der Waals surface area contributed by atoms with Crippen molar-refractivity contribution in [3.8, 4) is 0 Å². The second-order valence-corrected chi connectivity index (χ2v) is 5.65. The van der Waals surface area contributed by atoms with Crippen molar-refractivity contribution in [3.05, 3.63) is 63.1 Å². The van der Waals surface area contributed by atoms with Crippen molar-refractivity contribution in [1.29, 1.82) is 0 Å². The van der Waals surface area contributed by atoms with Gasteiger partial charge in [-0.05, 0) is 32.8 Å². The highest BCUT2D eigenvalue weighted by molar-refractivity contribution is 6.22. The molecule has 0 saturated heterocycles. The van der Waals surface area contributed by atoms with E-state index in [1.165, 1.54) is 5.57 Å². The molecule has 1 aliphatic rings. The monoisotopic (exact) mass is 289 g/mol. The van der Waals surface area contributed by atoms with Gasteiger partial charge in [-0.2, -0.15) is 0 Å². The van der Waals surface area contributed by atoms with E-state index in [9.17, 15) is 4.79 Å². The van der Waals surface area contributed by atoms with E-state index in [4.69, 9.17) is 11.6 Å². The summed E-state index contributed by atoms with van der Waals surface area (Å²) in [6.45, 7) is 6.00. The third-order valence-electron chi connectivity index (χ3n) is 3.78. The molecule has 1 aromatic rings. The summed E-state index contributed by atoms with van der Waals surface area (Å²) in [5, 5.41) is -0.00540. The fourth-order valence-corrected chi connectivity index (χ4v) is 2.89. The summed E-state index contributed by atoms with van der Waals surface area (Å²) in [4.78, 5) is 12.2. The zero-order chi connectivity index (χ0) is 14.7. The Kier molecular flexibility index (Phi) is 4.66. The minimum atomic E-state index is -0.00540. The van der Waals surface area contributed by atoms with Crippen molar-refractivity contribution < 1.29 is 0 Å². The second-order valence-electron chi connectivity index (χ2n) is 5.12. The average molecular weight is 290 g/mol. The van der Waals surface area contributed by atoms with Gasteiger partial charge < -0.3 is 4.57 Å². The molecule has 1 atom stereocenters. The van der Waals surface area contributed by atoms with Crippen LogP contribution in [-0.2, 0) is 6.42 Å². The Morgan fingerprint density at radius 1 is 1.45 bits per heavy atom. The molecule has 0 aliphatic heterocycles. The zero-order valence-corrected chi connectivity index (χ0v) is 12.9. The lowest BCUT2D eigenvalue weighted by Gasteiger charge is -2.20. The van der Waals surface area contributed by atoms with Crippen LogP contribution in [0, 0.1) is 6.92 Å². The van der Waals surface area contributed by atoms with Gasteiger partial charge in [0.1, 0.15) is 0 Å². The first kappa shape index (κ1) is 14.9. The number of halogens is 1. The molecular formula is C17H20ClNO. The topological polar surface area (TPSA) is 22.0 Å². The largest absolute Gasteiger partial charge is 0.328 e. The fourth-order valence-electron chi connectivity index (χ4n) is 2.53. The highest BCUT2D eigenvalue weighted by Gasteiger charge is 2.18. The summed E-state index contributed by atoms with van der Waals surface area (Å²) in [7, 11) is 0. The van der Waals surface area contributed by atoms with Crippen molar-refractivity contribution in [3.63, 3.8) is 0 Å². The van der Waals surface area contributed by atoms with Crippen molar-refractivity contribution in [2.45, 2.75) is 39.0 Å². The summed E-state index contributed by atoms with van der Waals surface area (Å²) in [6.07, 6.45) is 11.4. The Morgan fingerprint density at radius 3 is 2.85 bits per heavy atom. The highest BCUT2D eigenvalue weighted by atomic mass is 35.5. The average Bonchev–Trinajstić information content (AvgIpc) is 2.41. The number of nitrogens with zero attached hydrogens (tertiary/aromatic N) is 1. The normalized spacial score (nSPS) is 19.1. The molecule has 106 valence electrons. The first-order valence-electron chi connectivity index (χ1n) is 6.88. The van der Waals surface area contributed by atoms with Crippen LogP contribution in [0.4, 0.5) is 0 Å². The Bertz CT molecular complexity index is 649. The van der Waals surface area contributed by atoms with Gasteiger partial charge in [-0.15, -0.1) is 11.6 Å². The maximum Gasteiger partial charge on any atom is 0.185 e. The molecule has 0 fully saturated rings. The van der Waals surface area contributed by atoms with Gasteiger partial charge in [-0.3, -0.25) is 4.79 Å². The van der Waals surface area contributed by atoms with E-state index >= 15 is 0 Å². The van der Waals surface area contributed by atoms with Crippen molar-refractivity contribution in [1.82, 2.24) is 4.57 Å². The van der Waals surface area contributed by atoms with Crippen molar-refractivity contribution >= 4 is 17.8 Å². The number of hydrogen-bond donors (Lipinski definition) is 0. The maximum atomic E-state index is 12.2. The lowest BCUT2D eigenvalue weighted by atomic mass is 9.92. The van der Waals surface area contributed by atoms with Gasteiger partial charge >= 0.3 is 0 Å². The summed E-state index contributed by atoms with van der Waals surface area (Å²) >= 11 is 6.40. The van der Waals surface area contributed by atoms with Crippen molar-refractivity contribution in [2.24, 2.45) is 0 Å². The fraction of sp³-hybridized carbons (Fsp3) is 0.353. The van der Waals surface area contributed by atoms with Crippen LogP contribution in [0.25, 0.3) is 6.20 Å². The molecule has 0 radical (unpaired) electrons. The Morgan fingerprint density at radius 2 is 2.20 bits per heavy atom. The Balaban J connectivity index is 2.46. The van der Waals surface area contributed by atoms with Crippen LogP contribution in [0.5, 0.6) is 0 Å². The van der Waals surface area contributed by atoms with Gasteiger partial charge in [-0.25, -0.2) is 0 Å². The molecule has 3 heteroatoms. The first-order valence-corrected chi connectivity index (χ1v) is 7.32. The number of aromatic nitrogens is 1. The van der Waals surface area contributed by atoms with Crippen LogP contribution >= 0.6 is 11.6 Å². The number of alkyl halides is 1. The van der Waals surface area contributed by atoms with Gasteiger partial charge in [0.05, 0.1) is 5.38 Å². The van der Waals surface area contributed by atoms with Gasteiger partial charge in [0, 0.05) is 36.1 Å². The molecule has 1 aromatic heterocycles. The number of pyridine rings is 1. The van der Waals surface area contributed by atoms with E-state index in [1.54, 1.807) is 12.3 Å². The third kappa shape index (κ3) is 2.96. The van der Waals surface area contributed by atoms with E-state index in [0.29, 0.717) is 6.42 Å². The molecule has 2 nitrogen and oxygen atoms in total. The molecule has 2 rings (SSSR count). The smallest absolute Gasteiger partial charge is 0.185 e. The van der Waals surface area contributed by atoms with Gasteiger partial charge in [0.25, 0.3) is 0 Å². The molecule has 1 heterocycles. The Hall–Kier alpha value is -1.54. The molecular weight excluding hydrogens is 270 g/mol. The van der Waals surface area contributed by atoms with E-state index in [0.717, 1.165) is 23.3 Å². The SMILES string of the molecule is C/C=C/n1ccc(=O)c(CC2=C(C)C=CCC2Cl)c1C. The quantitative estimate of drug-likeness (QED) is 0.769. The number of hydrogen-bond acceptors (Lipinski definition) is 1. The summed E-state index contributed by atoms with van der Waals surface area (Å²) < 4.78 is 1.98. The van der Waals surface area contributed by atoms with E-state index in [2.05, 4.69) is 19.1 Å². The molecule has 0 amide bonds. The number of allylic oxidation sites excluding steroid dienone is 5. The molecule has 0 bridgehead atoms. The lowest BCUT2D eigenvalue weighted by Crippen LogP contribution is -2.19. The zero-order valence-electron chi connectivity index (χ0n) is 12.2. The predicted molar refractivity (Wildman–Crippen MR) is 86.2 cm³/mol. The van der Waals surface area contributed by atoms with E-state index in [-0.39, 0.29) is 10.8 Å². The van der Waals surface area contributed by atoms with Crippen LogP contribution in [-0.4, -0.2) is 9.94 Å². The predicted octanol–water partition coefficient (Wildman–Crippen LogP) is 4.07. The van der Waals surface area contributed by atoms with Gasteiger partial charge in [0.15, 0.2) is 5.43 Å². The van der Waals surface area contributed by atoms with E-state index in [1.807, 2.05) is 30.7 Å². The minimum absolute atomic E-state index is 0.00540. The third-order valence-corrected chi connectivity index (χ3v) is 4.22. The van der Waals surface area contributed by atoms with Crippen LogP contribution < -0.4 is 5.43 Å². The maximum absolute atomic E-state index is 12.2. The lowest BCUT2D eigenvalue weighted by molar-refractivity contribution is 0.874. The summed E-state index contributed by atoms with van der Waals surface area (Å²) in [6, 6.07) is 1.63. The second kappa shape index (κ2) is 6.27. The van der Waals surface area contributed by atoms with E-state index < -0.39 is 0 Å².